The van der Waals surface area contributed by atoms with Crippen molar-refractivity contribution in [2.24, 2.45) is 0 Å². The lowest BCUT2D eigenvalue weighted by Gasteiger charge is -2.22. The predicted octanol–water partition coefficient (Wildman–Crippen LogP) is 1.38. The number of hydrogen-bond acceptors (Lipinski definition) is 4. The second-order valence-electron chi connectivity index (χ2n) is 4.47. The van der Waals surface area contributed by atoms with Crippen LogP contribution in [-0.2, 0) is 14.3 Å². The molecule has 1 rings (SSSR count). The second kappa shape index (κ2) is 5.99. The van der Waals surface area contributed by atoms with Crippen molar-refractivity contribution >= 4 is 11.8 Å². The van der Waals surface area contributed by atoms with Gasteiger partial charge in [-0.2, -0.15) is 0 Å². The van der Waals surface area contributed by atoms with Crippen LogP contribution in [0.15, 0.2) is 0 Å². The van der Waals surface area contributed by atoms with Crippen LogP contribution in [0.4, 0.5) is 0 Å². The molecule has 2 atom stereocenters. The fourth-order valence-corrected chi connectivity index (χ4v) is 2.15. The van der Waals surface area contributed by atoms with Gasteiger partial charge in [0, 0.05) is 18.5 Å². The van der Waals surface area contributed by atoms with Crippen molar-refractivity contribution < 1.29 is 14.3 Å². The standard InChI is InChI=1S/C12H21NO3/c1-4-16-12(15)8-11(14)7-10-6-5-9(2)13(10)3/h9-10H,4-8H2,1-3H3/t9-,10?/m0/s1. The van der Waals surface area contributed by atoms with Crippen LogP contribution in [0.1, 0.15) is 39.5 Å². The molecule has 0 radical (unpaired) electrons. The molecule has 0 bridgehead atoms. The molecule has 4 nitrogen and oxygen atoms in total. The Balaban J connectivity index is 2.32. The zero-order valence-electron chi connectivity index (χ0n) is 10.4. The van der Waals surface area contributed by atoms with Crippen LogP contribution >= 0.6 is 0 Å². The largest absolute Gasteiger partial charge is 0.466 e. The maximum absolute atomic E-state index is 11.6. The number of carbonyl (C=O) groups excluding carboxylic acids is 2. The highest BCUT2D eigenvalue weighted by atomic mass is 16.5. The minimum absolute atomic E-state index is 0.00981. The average molecular weight is 227 g/mol. The number of esters is 1. The van der Waals surface area contributed by atoms with Gasteiger partial charge in [-0.3, -0.25) is 9.59 Å². The summed E-state index contributed by atoms with van der Waals surface area (Å²) < 4.78 is 4.75. The van der Waals surface area contributed by atoms with E-state index < -0.39 is 5.97 Å². The van der Waals surface area contributed by atoms with E-state index >= 15 is 0 Å². The molecule has 1 saturated heterocycles. The van der Waals surface area contributed by atoms with Crippen molar-refractivity contribution in [3.8, 4) is 0 Å². The van der Waals surface area contributed by atoms with E-state index in [1.165, 1.54) is 0 Å². The molecule has 1 aliphatic heterocycles. The van der Waals surface area contributed by atoms with Crippen LogP contribution in [0.25, 0.3) is 0 Å². The Labute approximate surface area is 96.9 Å². The van der Waals surface area contributed by atoms with Crippen molar-refractivity contribution in [3.63, 3.8) is 0 Å². The summed E-state index contributed by atoms with van der Waals surface area (Å²) in [4.78, 5) is 25.0. The molecule has 1 fully saturated rings. The van der Waals surface area contributed by atoms with E-state index in [1.807, 2.05) is 7.05 Å². The first-order chi connectivity index (χ1) is 7.54. The van der Waals surface area contributed by atoms with Gasteiger partial charge in [-0.05, 0) is 33.7 Å². The molecule has 92 valence electrons. The average Bonchev–Trinajstić information content (AvgIpc) is 2.50. The summed E-state index contributed by atoms with van der Waals surface area (Å²) in [5.41, 5.74) is 0. The molecule has 16 heavy (non-hydrogen) atoms. The quantitative estimate of drug-likeness (QED) is 0.526. The zero-order valence-corrected chi connectivity index (χ0v) is 10.4. The fraction of sp³-hybridized carbons (Fsp3) is 0.833. The van der Waals surface area contributed by atoms with Crippen LogP contribution in [0.3, 0.4) is 0 Å². The predicted molar refractivity (Wildman–Crippen MR) is 61.1 cm³/mol. The van der Waals surface area contributed by atoms with E-state index in [-0.39, 0.29) is 12.2 Å². The second-order valence-corrected chi connectivity index (χ2v) is 4.47. The van der Waals surface area contributed by atoms with Gasteiger partial charge in [0.2, 0.25) is 0 Å². The van der Waals surface area contributed by atoms with Crippen LogP contribution in [0.2, 0.25) is 0 Å². The number of rotatable bonds is 5. The minimum atomic E-state index is -0.402. The Kier molecular flexibility index (Phi) is 4.93. The first-order valence-electron chi connectivity index (χ1n) is 5.93. The van der Waals surface area contributed by atoms with E-state index in [1.54, 1.807) is 6.92 Å². The van der Waals surface area contributed by atoms with E-state index in [4.69, 9.17) is 4.74 Å². The van der Waals surface area contributed by atoms with Gasteiger partial charge in [0.25, 0.3) is 0 Å². The minimum Gasteiger partial charge on any atom is -0.466 e. The Hall–Kier alpha value is -0.900. The van der Waals surface area contributed by atoms with Gasteiger partial charge in [-0.15, -0.1) is 0 Å². The third kappa shape index (κ3) is 3.59. The molecule has 0 aromatic heterocycles. The lowest BCUT2D eigenvalue weighted by atomic mass is 10.1. The number of hydrogen-bond donors (Lipinski definition) is 0. The fourth-order valence-electron chi connectivity index (χ4n) is 2.15. The number of Topliss-reactive ketones (excluding diaryl/α,β-unsaturated/α-hetero) is 1. The third-order valence-corrected chi connectivity index (χ3v) is 3.30. The smallest absolute Gasteiger partial charge is 0.313 e. The van der Waals surface area contributed by atoms with Gasteiger partial charge in [0.15, 0.2) is 0 Å². The number of ether oxygens (including phenoxy) is 1. The van der Waals surface area contributed by atoms with E-state index in [2.05, 4.69) is 11.8 Å². The summed E-state index contributed by atoms with van der Waals surface area (Å²) in [6.07, 6.45) is 2.58. The van der Waals surface area contributed by atoms with Gasteiger partial charge in [0.1, 0.15) is 12.2 Å². The van der Waals surface area contributed by atoms with E-state index in [9.17, 15) is 9.59 Å². The van der Waals surface area contributed by atoms with Crippen LogP contribution in [0, 0.1) is 0 Å². The van der Waals surface area contributed by atoms with Gasteiger partial charge in [-0.25, -0.2) is 0 Å². The van der Waals surface area contributed by atoms with Crippen molar-refractivity contribution in [2.75, 3.05) is 13.7 Å². The number of likely N-dealkylation sites (tertiary alicyclic amines) is 1. The summed E-state index contributed by atoms with van der Waals surface area (Å²) in [7, 11) is 2.04. The van der Waals surface area contributed by atoms with Crippen LogP contribution in [-0.4, -0.2) is 42.4 Å². The Morgan fingerprint density at radius 1 is 1.38 bits per heavy atom. The number of carbonyl (C=O) groups is 2. The summed E-state index contributed by atoms with van der Waals surface area (Å²) in [6, 6.07) is 0.845. The lowest BCUT2D eigenvalue weighted by molar-refractivity contribution is -0.145. The van der Waals surface area contributed by atoms with Crippen molar-refractivity contribution in [1.82, 2.24) is 4.90 Å². The normalized spacial score (nSPS) is 25.7. The monoisotopic (exact) mass is 227 g/mol. The van der Waals surface area contributed by atoms with Gasteiger partial charge in [0.05, 0.1) is 6.61 Å². The molecular weight excluding hydrogens is 206 g/mol. The summed E-state index contributed by atoms with van der Waals surface area (Å²) in [6.45, 7) is 4.25. The Bertz CT molecular complexity index is 265. The highest BCUT2D eigenvalue weighted by molar-refractivity contribution is 5.95. The highest BCUT2D eigenvalue weighted by Crippen LogP contribution is 2.24. The molecule has 1 aliphatic rings. The summed E-state index contributed by atoms with van der Waals surface area (Å²) in [5.74, 6) is -0.411. The lowest BCUT2D eigenvalue weighted by Crippen LogP contribution is -2.32. The maximum atomic E-state index is 11.6. The summed E-state index contributed by atoms with van der Waals surface area (Å²) >= 11 is 0. The molecule has 0 aliphatic carbocycles. The summed E-state index contributed by atoms with van der Waals surface area (Å²) in [5, 5.41) is 0. The van der Waals surface area contributed by atoms with Crippen molar-refractivity contribution in [3.05, 3.63) is 0 Å². The molecule has 0 aromatic rings. The van der Waals surface area contributed by atoms with Crippen LogP contribution in [0.5, 0.6) is 0 Å². The third-order valence-electron chi connectivity index (χ3n) is 3.30. The first kappa shape index (κ1) is 13.2. The van der Waals surface area contributed by atoms with Gasteiger partial charge < -0.3 is 9.64 Å². The maximum Gasteiger partial charge on any atom is 0.313 e. The van der Waals surface area contributed by atoms with Crippen molar-refractivity contribution in [2.45, 2.75) is 51.6 Å². The molecule has 0 spiro atoms. The molecule has 1 heterocycles. The first-order valence-corrected chi connectivity index (χ1v) is 5.93. The Morgan fingerprint density at radius 2 is 2.06 bits per heavy atom. The molecule has 1 unspecified atom stereocenters. The van der Waals surface area contributed by atoms with E-state index in [0.29, 0.717) is 25.1 Å². The number of ketones is 1. The topological polar surface area (TPSA) is 46.6 Å². The highest BCUT2D eigenvalue weighted by Gasteiger charge is 2.29. The van der Waals surface area contributed by atoms with Crippen molar-refractivity contribution in [1.29, 1.82) is 0 Å². The molecular formula is C12H21NO3. The SMILES string of the molecule is CCOC(=O)CC(=O)CC1CC[C@H](C)N1C. The van der Waals surface area contributed by atoms with E-state index in [0.717, 1.165) is 12.8 Å². The molecule has 0 N–H and O–H groups in total. The molecule has 4 heteroatoms. The van der Waals surface area contributed by atoms with Gasteiger partial charge >= 0.3 is 5.97 Å². The number of nitrogens with zero attached hydrogens (tertiary/aromatic N) is 1. The zero-order chi connectivity index (χ0) is 12.1. The van der Waals surface area contributed by atoms with Gasteiger partial charge in [-0.1, -0.05) is 0 Å². The molecule has 0 aromatic carbocycles. The Morgan fingerprint density at radius 3 is 2.56 bits per heavy atom. The van der Waals surface area contributed by atoms with Crippen LogP contribution < -0.4 is 0 Å². The molecule has 0 saturated carbocycles. The molecule has 0 amide bonds.